The highest BCUT2D eigenvalue weighted by Crippen LogP contribution is 2.43. The Hall–Kier alpha value is -2.70. The second kappa shape index (κ2) is 7.40. The van der Waals surface area contributed by atoms with Crippen molar-refractivity contribution >= 4 is 72.8 Å². The Labute approximate surface area is 192 Å². The molecule has 0 saturated carbocycles. The fraction of sp³-hybridized carbons (Fsp3) is 0. The van der Waals surface area contributed by atoms with Crippen LogP contribution in [0.2, 0.25) is 0 Å². The largest absolute Gasteiger partial charge is 0.297 e. The molecular formula is C18H12O12S4. The number of benzene rings is 4. The average Bonchev–Trinajstić information content (AvgIpc) is 2.65. The van der Waals surface area contributed by atoms with Crippen LogP contribution in [0.5, 0.6) is 0 Å². The summed E-state index contributed by atoms with van der Waals surface area (Å²) in [4.78, 5) is -7.70. The minimum Gasteiger partial charge on any atom is -0.282 e. The summed E-state index contributed by atoms with van der Waals surface area (Å²) in [6, 6.07) is 11.6. The Balaban J connectivity index is 2.51. The van der Waals surface area contributed by atoms with E-state index in [0.717, 1.165) is 12.1 Å². The van der Waals surface area contributed by atoms with Crippen LogP contribution in [0.25, 0.3) is 32.3 Å². The van der Waals surface area contributed by atoms with Gasteiger partial charge < -0.3 is 0 Å². The molecule has 12 nitrogen and oxygen atoms in total. The molecule has 0 amide bonds. The highest BCUT2D eigenvalue weighted by atomic mass is 32.2. The van der Waals surface area contributed by atoms with Gasteiger partial charge in [-0.25, -0.2) is 0 Å². The number of hydrogen-bond donors (Lipinski definition) is 4. The van der Waals surface area contributed by atoms with Crippen molar-refractivity contribution in [3.8, 4) is 0 Å². The molecule has 0 heterocycles. The molecule has 16 heteroatoms. The van der Waals surface area contributed by atoms with Crippen LogP contribution in [-0.4, -0.2) is 51.9 Å². The second-order valence-corrected chi connectivity index (χ2v) is 12.6. The molecule has 0 aliphatic heterocycles. The summed E-state index contributed by atoms with van der Waals surface area (Å²) in [6.45, 7) is 0. The van der Waals surface area contributed by atoms with Crippen molar-refractivity contribution in [1.29, 1.82) is 0 Å². The van der Waals surface area contributed by atoms with Crippen molar-refractivity contribution in [2.24, 2.45) is 0 Å². The number of fused-ring (bicyclic) bond motifs is 3. The van der Waals surface area contributed by atoms with Gasteiger partial charge in [-0.05, 0) is 45.8 Å². The normalized spacial score (nSPS) is 13.6. The molecule has 0 bridgehead atoms. The van der Waals surface area contributed by atoms with Crippen LogP contribution < -0.4 is 0 Å². The van der Waals surface area contributed by atoms with Crippen LogP contribution in [0.15, 0.2) is 68.1 Å². The lowest BCUT2D eigenvalue weighted by atomic mass is 9.99. The first-order chi connectivity index (χ1) is 15.4. The van der Waals surface area contributed by atoms with Gasteiger partial charge in [0.25, 0.3) is 40.5 Å². The summed E-state index contributed by atoms with van der Waals surface area (Å²) in [6.07, 6.45) is 0. The maximum atomic E-state index is 12.2. The van der Waals surface area contributed by atoms with Gasteiger partial charge in [-0.1, -0.05) is 24.3 Å². The van der Waals surface area contributed by atoms with Gasteiger partial charge >= 0.3 is 0 Å². The van der Waals surface area contributed by atoms with E-state index in [1.165, 1.54) is 12.1 Å². The minimum atomic E-state index is -5.95. The van der Waals surface area contributed by atoms with Gasteiger partial charge in [0.05, 0.1) is 0 Å². The molecule has 180 valence electrons. The molecule has 0 atom stereocenters. The van der Waals surface area contributed by atoms with E-state index in [4.69, 9.17) is 0 Å². The third kappa shape index (κ3) is 4.03. The molecule has 4 rings (SSSR count). The molecule has 0 aromatic heterocycles. The lowest BCUT2D eigenvalue weighted by Crippen LogP contribution is -2.19. The summed E-state index contributed by atoms with van der Waals surface area (Å²) in [5.74, 6) is 0. The Morgan fingerprint density at radius 1 is 0.412 bits per heavy atom. The SMILES string of the molecule is O=S(=O)(O)c1c(S(=O)(=O)O)c(S(=O)(=O)O)c2cc3cc4ccccc4cc3cc2c1S(=O)(=O)O. The number of rotatable bonds is 4. The molecule has 34 heavy (non-hydrogen) atoms. The minimum absolute atomic E-state index is 0.193. The van der Waals surface area contributed by atoms with E-state index in [0.29, 0.717) is 10.8 Å². The fourth-order valence-electron chi connectivity index (χ4n) is 3.80. The van der Waals surface area contributed by atoms with Crippen molar-refractivity contribution in [3.05, 3.63) is 48.5 Å². The van der Waals surface area contributed by atoms with Crippen LogP contribution in [0.1, 0.15) is 0 Å². The van der Waals surface area contributed by atoms with Crippen LogP contribution in [0.3, 0.4) is 0 Å². The second-order valence-electron chi connectivity index (χ2n) is 7.16. The smallest absolute Gasteiger partial charge is 0.282 e. The first-order valence-corrected chi connectivity index (χ1v) is 14.5. The van der Waals surface area contributed by atoms with E-state index in [-0.39, 0.29) is 10.8 Å². The maximum absolute atomic E-state index is 12.2. The summed E-state index contributed by atoms with van der Waals surface area (Å²) in [7, 11) is -23.3. The zero-order valence-corrected chi connectivity index (χ0v) is 19.6. The standard InChI is InChI=1S/C18H12O12S4/c19-31(20,21)15-13-7-11-5-9-3-1-2-4-10(9)6-12(11)8-14(13)16(32(22,23)24)18(34(28,29)30)17(15)33(25,26)27/h1-8H,(H,19,20,21)(H,22,23,24)(H,25,26,27)(H,28,29,30). The fourth-order valence-corrected chi connectivity index (χ4v) is 8.75. The third-order valence-corrected chi connectivity index (χ3v) is 9.10. The molecule has 0 spiro atoms. The zero-order valence-electron chi connectivity index (χ0n) is 16.3. The first kappa shape index (κ1) is 24.4. The highest BCUT2D eigenvalue weighted by Gasteiger charge is 2.41. The Kier molecular flexibility index (Phi) is 5.31. The molecule has 4 aromatic rings. The Morgan fingerprint density at radius 2 is 0.706 bits per heavy atom. The topological polar surface area (TPSA) is 217 Å². The van der Waals surface area contributed by atoms with Crippen molar-refractivity contribution < 1.29 is 51.9 Å². The third-order valence-electron chi connectivity index (χ3n) is 4.98. The van der Waals surface area contributed by atoms with Gasteiger partial charge in [0, 0.05) is 10.8 Å². The van der Waals surface area contributed by atoms with Crippen molar-refractivity contribution in [3.63, 3.8) is 0 Å². The van der Waals surface area contributed by atoms with Gasteiger partial charge in [0.2, 0.25) is 0 Å². The van der Waals surface area contributed by atoms with Gasteiger partial charge in [-0.3, -0.25) is 18.2 Å². The van der Waals surface area contributed by atoms with Crippen LogP contribution >= 0.6 is 0 Å². The van der Waals surface area contributed by atoms with E-state index in [1.807, 2.05) is 0 Å². The summed E-state index contributed by atoms with van der Waals surface area (Å²) >= 11 is 0. The summed E-state index contributed by atoms with van der Waals surface area (Å²) < 4.78 is 136. The van der Waals surface area contributed by atoms with E-state index in [9.17, 15) is 51.9 Å². The molecular weight excluding hydrogens is 536 g/mol. The van der Waals surface area contributed by atoms with Gasteiger partial charge in [-0.2, -0.15) is 33.7 Å². The van der Waals surface area contributed by atoms with Crippen LogP contribution in [0, 0.1) is 0 Å². The van der Waals surface area contributed by atoms with Crippen molar-refractivity contribution in [2.75, 3.05) is 0 Å². The first-order valence-electron chi connectivity index (χ1n) is 8.77. The lowest BCUT2D eigenvalue weighted by molar-refractivity contribution is 0.449. The monoisotopic (exact) mass is 548 g/mol. The van der Waals surface area contributed by atoms with E-state index in [1.54, 1.807) is 24.3 Å². The van der Waals surface area contributed by atoms with E-state index >= 15 is 0 Å². The molecule has 0 unspecified atom stereocenters. The Morgan fingerprint density at radius 3 is 0.971 bits per heavy atom. The van der Waals surface area contributed by atoms with Crippen LogP contribution in [0.4, 0.5) is 0 Å². The van der Waals surface area contributed by atoms with Gasteiger partial charge in [0.15, 0.2) is 0 Å². The van der Waals surface area contributed by atoms with E-state index < -0.39 is 70.8 Å². The molecule has 0 aliphatic rings. The molecule has 0 radical (unpaired) electrons. The molecule has 0 saturated heterocycles. The zero-order chi connectivity index (χ0) is 25.4. The predicted molar refractivity (Wildman–Crippen MR) is 118 cm³/mol. The molecule has 0 aliphatic carbocycles. The van der Waals surface area contributed by atoms with Crippen molar-refractivity contribution in [2.45, 2.75) is 19.6 Å². The number of hydrogen-bond acceptors (Lipinski definition) is 8. The summed E-state index contributed by atoms with van der Waals surface area (Å²) in [5.41, 5.74) is 0. The van der Waals surface area contributed by atoms with Crippen molar-refractivity contribution in [1.82, 2.24) is 0 Å². The lowest BCUT2D eigenvalue weighted by Gasteiger charge is -2.17. The molecule has 4 N–H and O–H groups in total. The van der Waals surface area contributed by atoms with Gasteiger partial charge in [-0.15, -0.1) is 0 Å². The van der Waals surface area contributed by atoms with Gasteiger partial charge in [0.1, 0.15) is 19.6 Å². The van der Waals surface area contributed by atoms with Crippen LogP contribution in [-0.2, 0) is 40.5 Å². The summed E-state index contributed by atoms with van der Waals surface area (Å²) in [5, 5.41) is -0.0861. The average molecular weight is 549 g/mol. The molecule has 4 aromatic carbocycles. The van der Waals surface area contributed by atoms with E-state index in [2.05, 4.69) is 0 Å². The highest BCUT2D eigenvalue weighted by molar-refractivity contribution is 7.91. The quantitative estimate of drug-likeness (QED) is 0.213. The Bertz CT molecular complexity index is 1850. The molecule has 0 fully saturated rings. The maximum Gasteiger partial charge on any atom is 0.297 e. The predicted octanol–water partition coefficient (Wildman–Crippen LogP) is 2.13.